The molecule has 0 aromatic carbocycles. The van der Waals surface area contributed by atoms with Crippen LogP contribution in [0.25, 0.3) is 0 Å². The predicted octanol–water partition coefficient (Wildman–Crippen LogP) is 1.21. The predicted molar refractivity (Wildman–Crippen MR) is 62.2 cm³/mol. The number of nitrogens with two attached hydrogens (primary N) is 1. The van der Waals surface area contributed by atoms with E-state index in [2.05, 4.69) is 4.98 Å². The molecular formula is C11H16F3N3O. The summed E-state index contributed by atoms with van der Waals surface area (Å²) >= 11 is 0. The molecule has 0 aliphatic rings. The molecule has 1 aromatic heterocycles. The van der Waals surface area contributed by atoms with Crippen LogP contribution in [0.3, 0.4) is 0 Å². The van der Waals surface area contributed by atoms with Crippen LogP contribution in [0.15, 0.2) is 12.3 Å². The van der Waals surface area contributed by atoms with Crippen molar-refractivity contribution in [3.8, 4) is 0 Å². The molecule has 0 aliphatic carbocycles. The summed E-state index contributed by atoms with van der Waals surface area (Å²) in [5.74, 6) is 0.221. The number of anilines is 1. The van der Waals surface area contributed by atoms with E-state index in [4.69, 9.17) is 10.8 Å². The minimum atomic E-state index is -4.34. The lowest BCUT2D eigenvalue weighted by atomic mass is 10.2. The molecule has 0 fully saturated rings. The quantitative estimate of drug-likeness (QED) is 0.838. The van der Waals surface area contributed by atoms with Gasteiger partial charge in [-0.2, -0.15) is 13.2 Å². The van der Waals surface area contributed by atoms with E-state index in [1.54, 1.807) is 13.0 Å². The second-order valence-corrected chi connectivity index (χ2v) is 3.95. The molecule has 1 rings (SSSR count). The number of hydrogen-bond donors (Lipinski definition) is 2. The SMILES string of the molecule is Cc1cc(CN)cnc1N(CCO)CC(F)(F)F. The lowest BCUT2D eigenvalue weighted by molar-refractivity contribution is -0.120. The molecule has 102 valence electrons. The molecule has 0 amide bonds. The van der Waals surface area contributed by atoms with Crippen molar-refractivity contribution >= 4 is 5.82 Å². The van der Waals surface area contributed by atoms with Crippen LogP contribution in [0.2, 0.25) is 0 Å². The zero-order chi connectivity index (χ0) is 13.8. The molecule has 0 saturated carbocycles. The largest absolute Gasteiger partial charge is 0.405 e. The van der Waals surface area contributed by atoms with Gasteiger partial charge in [0, 0.05) is 19.3 Å². The normalized spacial score (nSPS) is 11.7. The second kappa shape index (κ2) is 6.01. The highest BCUT2D eigenvalue weighted by Crippen LogP contribution is 2.23. The summed E-state index contributed by atoms with van der Waals surface area (Å²) in [6, 6.07) is 1.70. The van der Waals surface area contributed by atoms with Crippen molar-refractivity contribution in [3.05, 3.63) is 23.4 Å². The number of aliphatic hydroxyl groups excluding tert-OH is 1. The van der Waals surface area contributed by atoms with Gasteiger partial charge in [-0.3, -0.25) is 0 Å². The number of alkyl halides is 3. The van der Waals surface area contributed by atoms with E-state index in [0.717, 1.165) is 10.5 Å². The molecule has 0 saturated heterocycles. The van der Waals surface area contributed by atoms with Crippen LogP contribution in [-0.2, 0) is 6.54 Å². The Balaban J connectivity index is 2.98. The Morgan fingerprint density at radius 1 is 1.44 bits per heavy atom. The fourth-order valence-electron chi connectivity index (χ4n) is 1.67. The molecule has 0 aliphatic heterocycles. The third-order valence-electron chi connectivity index (χ3n) is 2.38. The van der Waals surface area contributed by atoms with E-state index < -0.39 is 12.7 Å². The third kappa shape index (κ3) is 4.15. The maximum atomic E-state index is 12.4. The minimum Gasteiger partial charge on any atom is -0.395 e. The Labute approximate surface area is 103 Å². The van der Waals surface area contributed by atoms with E-state index in [1.807, 2.05) is 0 Å². The number of aryl methyl sites for hydroxylation is 1. The first-order valence-electron chi connectivity index (χ1n) is 5.45. The zero-order valence-corrected chi connectivity index (χ0v) is 10.0. The molecule has 1 heterocycles. The Morgan fingerprint density at radius 3 is 2.56 bits per heavy atom. The smallest absolute Gasteiger partial charge is 0.395 e. The fraction of sp³-hybridized carbons (Fsp3) is 0.545. The number of pyridine rings is 1. The standard InChI is InChI=1S/C11H16F3N3O/c1-8-4-9(5-15)6-16-10(8)17(2-3-18)7-11(12,13)14/h4,6,18H,2-3,5,7,15H2,1H3. The van der Waals surface area contributed by atoms with Gasteiger partial charge in [0.25, 0.3) is 0 Å². The minimum absolute atomic E-state index is 0.116. The van der Waals surface area contributed by atoms with Gasteiger partial charge in [-0.05, 0) is 24.1 Å². The molecule has 4 nitrogen and oxygen atoms in total. The zero-order valence-electron chi connectivity index (χ0n) is 10.0. The molecule has 3 N–H and O–H groups in total. The Hall–Kier alpha value is -1.34. The molecule has 0 radical (unpaired) electrons. The van der Waals surface area contributed by atoms with Gasteiger partial charge in [-0.25, -0.2) is 4.98 Å². The van der Waals surface area contributed by atoms with Crippen LogP contribution < -0.4 is 10.6 Å². The first-order valence-corrected chi connectivity index (χ1v) is 5.45. The second-order valence-electron chi connectivity index (χ2n) is 3.95. The van der Waals surface area contributed by atoms with Gasteiger partial charge in [0.2, 0.25) is 0 Å². The van der Waals surface area contributed by atoms with Crippen LogP contribution in [-0.4, -0.2) is 36.0 Å². The van der Waals surface area contributed by atoms with Gasteiger partial charge in [0.15, 0.2) is 0 Å². The lowest BCUT2D eigenvalue weighted by Crippen LogP contribution is -2.37. The topological polar surface area (TPSA) is 62.4 Å². The van der Waals surface area contributed by atoms with Crippen LogP contribution >= 0.6 is 0 Å². The maximum absolute atomic E-state index is 12.4. The van der Waals surface area contributed by atoms with Crippen molar-refractivity contribution < 1.29 is 18.3 Å². The lowest BCUT2D eigenvalue weighted by Gasteiger charge is -2.25. The Morgan fingerprint density at radius 2 is 2.11 bits per heavy atom. The van der Waals surface area contributed by atoms with E-state index in [-0.39, 0.29) is 25.5 Å². The molecule has 0 spiro atoms. The monoisotopic (exact) mass is 263 g/mol. The molecule has 18 heavy (non-hydrogen) atoms. The molecule has 1 aromatic rings. The van der Waals surface area contributed by atoms with Crippen LogP contribution in [0.1, 0.15) is 11.1 Å². The highest BCUT2D eigenvalue weighted by atomic mass is 19.4. The van der Waals surface area contributed by atoms with Crippen LogP contribution in [0.5, 0.6) is 0 Å². The molecule has 0 bridgehead atoms. The van der Waals surface area contributed by atoms with Gasteiger partial charge in [-0.15, -0.1) is 0 Å². The molecule has 0 unspecified atom stereocenters. The fourth-order valence-corrected chi connectivity index (χ4v) is 1.67. The first kappa shape index (κ1) is 14.7. The van der Waals surface area contributed by atoms with Crippen molar-refractivity contribution in [2.75, 3.05) is 24.6 Å². The highest BCUT2D eigenvalue weighted by Gasteiger charge is 2.31. The molecule has 7 heteroatoms. The van der Waals surface area contributed by atoms with E-state index in [1.165, 1.54) is 6.20 Å². The van der Waals surface area contributed by atoms with Crippen molar-refractivity contribution in [2.24, 2.45) is 5.73 Å². The van der Waals surface area contributed by atoms with Crippen LogP contribution in [0, 0.1) is 6.92 Å². The van der Waals surface area contributed by atoms with Crippen molar-refractivity contribution in [3.63, 3.8) is 0 Å². The van der Waals surface area contributed by atoms with E-state index in [9.17, 15) is 13.2 Å². The number of nitrogens with zero attached hydrogens (tertiary/aromatic N) is 2. The summed E-state index contributed by atoms with van der Waals surface area (Å²) in [6.07, 6.45) is -2.89. The first-order chi connectivity index (χ1) is 8.37. The number of aromatic nitrogens is 1. The average molecular weight is 263 g/mol. The summed E-state index contributed by atoms with van der Waals surface area (Å²) in [6.45, 7) is 0.337. The summed E-state index contributed by atoms with van der Waals surface area (Å²) in [5, 5.41) is 8.83. The summed E-state index contributed by atoms with van der Waals surface area (Å²) in [4.78, 5) is 5.00. The van der Waals surface area contributed by atoms with E-state index >= 15 is 0 Å². The van der Waals surface area contributed by atoms with Gasteiger partial charge in [0.1, 0.15) is 12.4 Å². The van der Waals surface area contributed by atoms with Crippen molar-refractivity contribution in [1.29, 1.82) is 0 Å². The number of rotatable bonds is 5. The molecule has 0 atom stereocenters. The van der Waals surface area contributed by atoms with Crippen LogP contribution in [0.4, 0.5) is 19.0 Å². The Kier molecular flexibility index (Phi) is 4.92. The van der Waals surface area contributed by atoms with E-state index in [0.29, 0.717) is 5.56 Å². The third-order valence-corrected chi connectivity index (χ3v) is 2.38. The summed E-state index contributed by atoms with van der Waals surface area (Å²) < 4.78 is 37.3. The van der Waals surface area contributed by atoms with Crippen molar-refractivity contribution in [2.45, 2.75) is 19.6 Å². The number of hydrogen-bond acceptors (Lipinski definition) is 4. The summed E-state index contributed by atoms with van der Waals surface area (Å²) in [7, 11) is 0. The average Bonchev–Trinajstić information content (AvgIpc) is 2.26. The van der Waals surface area contributed by atoms with Gasteiger partial charge in [0.05, 0.1) is 6.61 Å². The number of halogens is 3. The number of aliphatic hydroxyl groups is 1. The van der Waals surface area contributed by atoms with Crippen molar-refractivity contribution in [1.82, 2.24) is 4.98 Å². The Bertz CT molecular complexity index is 396. The van der Waals surface area contributed by atoms with Gasteiger partial charge < -0.3 is 15.7 Å². The summed E-state index contributed by atoms with van der Waals surface area (Å²) in [5.41, 5.74) is 6.80. The van der Waals surface area contributed by atoms with Gasteiger partial charge in [-0.1, -0.05) is 0 Å². The van der Waals surface area contributed by atoms with Gasteiger partial charge >= 0.3 is 6.18 Å². The molecular weight excluding hydrogens is 247 g/mol. The highest BCUT2D eigenvalue weighted by molar-refractivity contribution is 5.47. The maximum Gasteiger partial charge on any atom is 0.405 e.